The molecule has 1 saturated carbocycles. The molecule has 2 fully saturated rings. The van der Waals surface area contributed by atoms with Crippen molar-refractivity contribution in [3.05, 3.63) is 12.2 Å². The SMILES string of the molecule is c1nnc(CCC2CCCCN2)n1C1CC1. The number of aromatic nitrogens is 3. The van der Waals surface area contributed by atoms with Gasteiger partial charge in [-0.05, 0) is 38.6 Å². The van der Waals surface area contributed by atoms with E-state index in [0.29, 0.717) is 12.1 Å². The number of hydrogen-bond donors (Lipinski definition) is 1. The molecular formula is C12H20N4. The summed E-state index contributed by atoms with van der Waals surface area (Å²) in [5.74, 6) is 1.19. The Labute approximate surface area is 96.4 Å². The zero-order valence-corrected chi connectivity index (χ0v) is 9.73. The molecule has 2 heterocycles. The normalized spacial score (nSPS) is 25.9. The summed E-state index contributed by atoms with van der Waals surface area (Å²) >= 11 is 0. The van der Waals surface area contributed by atoms with Crippen molar-refractivity contribution in [2.45, 2.75) is 57.0 Å². The molecule has 1 aliphatic heterocycles. The maximum absolute atomic E-state index is 4.25. The molecule has 3 rings (SSSR count). The van der Waals surface area contributed by atoms with E-state index in [2.05, 4.69) is 20.1 Å². The first kappa shape index (κ1) is 10.3. The van der Waals surface area contributed by atoms with Crippen LogP contribution in [0.15, 0.2) is 6.33 Å². The van der Waals surface area contributed by atoms with Crippen LogP contribution in [0, 0.1) is 0 Å². The molecule has 2 aliphatic rings. The number of nitrogens with one attached hydrogen (secondary N) is 1. The smallest absolute Gasteiger partial charge is 0.133 e. The average molecular weight is 220 g/mol. The Kier molecular flexibility index (Phi) is 2.91. The zero-order chi connectivity index (χ0) is 10.8. The monoisotopic (exact) mass is 220 g/mol. The molecule has 1 aliphatic carbocycles. The van der Waals surface area contributed by atoms with E-state index >= 15 is 0 Å². The minimum Gasteiger partial charge on any atom is -0.314 e. The van der Waals surface area contributed by atoms with Gasteiger partial charge in [0.15, 0.2) is 0 Å². The Hall–Kier alpha value is -0.900. The van der Waals surface area contributed by atoms with Gasteiger partial charge in [0.1, 0.15) is 12.2 Å². The number of hydrogen-bond acceptors (Lipinski definition) is 3. The average Bonchev–Trinajstić information content (AvgIpc) is 3.07. The molecule has 0 bridgehead atoms. The van der Waals surface area contributed by atoms with Crippen LogP contribution in [0.4, 0.5) is 0 Å². The zero-order valence-electron chi connectivity index (χ0n) is 9.73. The number of nitrogens with zero attached hydrogens (tertiary/aromatic N) is 3. The van der Waals surface area contributed by atoms with Crippen LogP contribution >= 0.6 is 0 Å². The van der Waals surface area contributed by atoms with Crippen LogP contribution < -0.4 is 5.32 Å². The molecule has 1 N–H and O–H groups in total. The molecular weight excluding hydrogens is 200 g/mol. The molecule has 1 unspecified atom stereocenters. The third-order valence-electron chi connectivity index (χ3n) is 3.72. The van der Waals surface area contributed by atoms with Gasteiger partial charge < -0.3 is 9.88 Å². The summed E-state index contributed by atoms with van der Waals surface area (Å²) < 4.78 is 2.28. The van der Waals surface area contributed by atoms with Gasteiger partial charge in [-0.2, -0.15) is 0 Å². The van der Waals surface area contributed by atoms with Crippen molar-refractivity contribution in [1.29, 1.82) is 0 Å². The van der Waals surface area contributed by atoms with E-state index in [1.807, 2.05) is 6.33 Å². The van der Waals surface area contributed by atoms with E-state index in [-0.39, 0.29) is 0 Å². The molecule has 16 heavy (non-hydrogen) atoms. The van der Waals surface area contributed by atoms with Crippen LogP contribution in [0.5, 0.6) is 0 Å². The summed E-state index contributed by atoms with van der Waals surface area (Å²) in [5, 5.41) is 11.9. The number of aryl methyl sites for hydroxylation is 1. The number of rotatable bonds is 4. The van der Waals surface area contributed by atoms with Crippen LogP contribution in [0.3, 0.4) is 0 Å². The predicted octanol–water partition coefficient (Wildman–Crippen LogP) is 1.69. The highest BCUT2D eigenvalue weighted by molar-refractivity contribution is 4.95. The molecule has 0 spiro atoms. The van der Waals surface area contributed by atoms with Gasteiger partial charge in [0.2, 0.25) is 0 Å². The van der Waals surface area contributed by atoms with Gasteiger partial charge in [-0.25, -0.2) is 0 Å². The van der Waals surface area contributed by atoms with E-state index < -0.39 is 0 Å². The van der Waals surface area contributed by atoms with Crippen molar-refractivity contribution < 1.29 is 0 Å². The lowest BCUT2D eigenvalue weighted by Gasteiger charge is -2.23. The fraction of sp³-hybridized carbons (Fsp3) is 0.833. The van der Waals surface area contributed by atoms with Crippen LogP contribution in [-0.4, -0.2) is 27.4 Å². The topological polar surface area (TPSA) is 42.7 Å². The third kappa shape index (κ3) is 2.26. The lowest BCUT2D eigenvalue weighted by atomic mass is 10.0. The minimum absolute atomic E-state index is 0.707. The van der Waals surface area contributed by atoms with E-state index in [1.165, 1.54) is 50.9 Å². The van der Waals surface area contributed by atoms with Gasteiger partial charge in [0.05, 0.1) is 0 Å². The maximum atomic E-state index is 4.25. The van der Waals surface area contributed by atoms with Crippen LogP contribution in [0.1, 0.15) is 50.4 Å². The standard InChI is InChI=1S/C12H20N4/c1-2-8-13-10(3-1)4-7-12-15-14-9-16(12)11-5-6-11/h9-11,13H,1-8H2. The van der Waals surface area contributed by atoms with E-state index in [0.717, 1.165) is 6.42 Å². The second kappa shape index (κ2) is 4.53. The first-order chi connectivity index (χ1) is 7.93. The van der Waals surface area contributed by atoms with Crippen molar-refractivity contribution in [2.24, 2.45) is 0 Å². The molecule has 4 heteroatoms. The van der Waals surface area contributed by atoms with Crippen molar-refractivity contribution in [1.82, 2.24) is 20.1 Å². The molecule has 0 radical (unpaired) electrons. The summed E-state index contributed by atoms with van der Waals surface area (Å²) in [7, 11) is 0. The maximum Gasteiger partial charge on any atom is 0.133 e. The highest BCUT2D eigenvalue weighted by Gasteiger charge is 2.26. The van der Waals surface area contributed by atoms with Crippen molar-refractivity contribution >= 4 is 0 Å². The summed E-state index contributed by atoms with van der Waals surface area (Å²) in [6, 6.07) is 1.42. The Morgan fingerprint density at radius 1 is 1.31 bits per heavy atom. The summed E-state index contributed by atoms with van der Waals surface area (Å²) in [4.78, 5) is 0. The van der Waals surface area contributed by atoms with E-state index in [1.54, 1.807) is 0 Å². The van der Waals surface area contributed by atoms with Crippen molar-refractivity contribution in [3.63, 3.8) is 0 Å². The molecule has 88 valence electrons. The number of piperidine rings is 1. The molecule has 0 amide bonds. The van der Waals surface area contributed by atoms with Gasteiger partial charge >= 0.3 is 0 Å². The van der Waals surface area contributed by atoms with Crippen LogP contribution in [0.2, 0.25) is 0 Å². The highest BCUT2D eigenvalue weighted by Crippen LogP contribution is 2.35. The lowest BCUT2D eigenvalue weighted by molar-refractivity contribution is 0.379. The molecule has 1 atom stereocenters. The fourth-order valence-corrected chi connectivity index (χ4v) is 2.58. The largest absolute Gasteiger partial charge is 0.314 e. The highest BCUT2D eigenvalue weighted by atomic mass is 15.3. The van der Waals surface area contributed by atoms with Crippen molar-refractivity contribution in [3.8, 4) is 0 Å². The fourth-order valence-electron chi connectivity index (χ4n) is 2.58. The Morgan fingerprint density at radius 3 is 3.00 bits per heavy atom. The quantitative estimate of drug-likeness (QED) is 0.839. The molecule has 1 aromatic rings. The molecule has 1 aromatic heterocycles. The molecule has 4 nitrogen and oxygen atoms in total. The minimum atomic E-state index is 0.707. The summed E-state index contributed by atoms with van der Waals surface area (Å²) in [5.41, 5.74) is 0. The van der Waals surface area contributed by atoms with E-state index in [4.69, 9.17) is 0 Å². The van der Waals surface area contributed by atoms with Gasteiger partial charge in [0, 0.05) is 18.5 Å². The first-order valence-corrected chi connectivity index (χ1v) is 6.55. The molecule has 0 aromatic carbocycles. The summed E-state index contributed by atoms with van der Waals surface area (Å²) in [6.45, 7) is 1.19. The van der Waals surface area contributed by atoms with Gasteiger partial charge in [0.25, 0.3) is 0 Å². The van der Waals surface area contributed by atoms with Crippen LogP contribution in [-0.2, 0) is 6.42 Å². The first-order valence-electron chi connectivity index (χ1n) is 6.55. The van der Waals surface area contributed by atoms with Crippen LogP contribution in [0.25, 0.3) is 0 Å². The Bertz CT molecular complexity index is 337. The van der Waals surface area contributed by atoms with Crippen molar-refractivity contribution in [2.75, 3.05) is 6.54 Å². The predicted molar refractivity (Wildman–Crippen MR) is 62.3 cm³/mol. The Balaban J connectivity index is 1.54. The second-order valence-corrected chi connectivity index (χ2v) is 5.07. The third-order valence-corrected chi connectivity index (χ3v) is 3.72. The van der Waals surface area contributed by atoms with Gasteiger partial charge in [-0.3, -0.25) is 0 Å². The van der Waals surface area contributed by atoms with E-state index in [9.17, 15) is 0 Å². The lowest BCUT2D eigenvalue weighted by Crippen LogP contribution is -2.34. The summed E-state index contributed by atoms with van der Waals surface area (Å²) in [6.07, 6.45) is 10.9. The van der Waals surface area contributed by atoms with Gasteiger partial charge in [-0.1, -0.05) is 6.42 Å². The second-order valence-electron chi connectivity index (χ2n) is 5.07. The Morgan fingerprint density at radius 2 is 2.25 bits per heavy atom. The molecule has 1 saturated heterocycles. The van der Waals surface area contributed by atoms with Gasteiger partial charge in [-0.15, -0.1) is 10.2 Å².